The highest BCUT2D eigenvalue weighted by Gasteiger charge is 2.34. The molecule has 0 amide bonds. The van der Waals surface area contributed by atoms with E-state index in [1.807, 2.05) is 11.3 Å². The third kappa shape index (κ3) is 4.49. The van der Waals surface area contributed by atoms with E-state index in [-0.39, 0.29) is 12.0 Å². The van der Waals surface area contributed by atoms with Crippen molar-refractivity contribution < 1.29 is 0 Å². The summed E-state index contributed by atoms with van der Waals surface area (Å²) in [4.78, 5) is 6.67. The van der Waals surface area contributed by atoms with E-state index in [0.29, 0.717) is 0 Å². The molecule has 1 aliphatic heterocycles. The number of fused-ring (bicyclic) bond motifs is 5. The van der Waals surface area contributed by atoms with Crippen molar-refractivity contribution in [1.82, 2.24) is 20.1 Å². The van der Waals surface area contributed by atoms with Crippen LogP contribution in [0.1, 0.15) is 82.8 Å². The Labute approximate surface area is 229 Å². The summed E-state index contributed by atoms with van der Waals surface area (Å²) in [6.45, 7) is 3.03. The summed E-state index contributed by atoms with van der Waals surface area (Å²) in [6.07, 6.45) is 22.9. The molecule has 4 aliphatic rings. The second-order valence-corrected chi connectivity index (χ2v) is 12.2. The van der Waals surface area contributed by atoms with Crippen LogP contribution in [0.3, 0.4) is 0 Å². The van der Waals surface area contributed by atoms with Crippen molar-refractivity contribution in [2.75, 3.05) is 6.54 Å². The SMILES string of the molecule is Cc1nnc2n1-c1sc3c(c1C=NC2C1C=CC=CC1=CNCCCCc1ccc(C2CC2)cc1)CCC3. The van der Waals surface area contributed by atoms with Gasteiger partial charge in [0.1, 0.15) is 16.9 Å². The lowest BCUT2D eigenvalue weighted by Crippen LogP contribution is -2.18. The molecule has 7 rings (SSSR count). The zero-order chi connectivity index (χ0) is 25.5. The van der Waals surface area contributed by atoms with E-state index in [0.717, 1.165) is 43.4 Å². The Morgan fingerprint density at radius 3 is 2.84 bits per heavy atom. The van der Waals surface area contributed by atoms with Gasteiger partial charge in [0, 0.05) is 35.3 Å². The maximum absolute atomic E-state index is 5.16. The number of hydrogen-bond acceptors (Lipinski definition) is 5. The normalized spacial score (nSPS) is 22.4. The highest BCUT2D eigenvalue weighted by molar-refractivity contribution is 7.15. The second kappa shape index (κ2) is 10.1. The predicted octanol–water partition coefficient (Wildman–Crippen LogP) is 6.72. The van der Waals surface area contributed by atoms with Crippen molar-refractivity contribution in [3.8, 4) is 5.00 Å². The maximum atomic E-state index is 5.16. The average molecular weight is 522 g/mol. The van der Waals surface area contributed by atoms with Crippen LogP contribution in [0.4, 0.5) is 0 Å². The molecule has 38 heavy (non-hydrogen) atoms. The molecule has 1 fully saturated rings. The molecule has 2 atom stereocenters. The zero-order valence-electron chi connectivity index (χ0n) is 22.1. The average Bonchev–Trinajstić information content (AvgIpc) is 3.49. The summed E-state index contributed by atoms with van der Waals surface area (Å²) in [7, 11) is 0. The first-order chi connectivity index (χ1) is 18.8. The zero-order valence-corrected chi connectivity index (χ0v) is 22.9. The third-order valence-corrected chi connectivity index (χ3v) is 9.69. The molecule has 2 aromatic heterocycles. The summed E-state index contributed by atoms with van der Waals surface area (Å²) in [5, 5.41) is 14.0. The third-order valence-electron chi connectivity index (χ3n) is 8.40. The van der Waals surface area contributed by atoms with E-state index in [1.54, 1.807) is 0 Å². The molecule has 5 nitrogen and oxygen atoms in total. The number of rotatable bonds is 8. The molecule has 3 aliphatic carbocycles. The van der Waals surface area contributed by atoms with Gasteiger partial charge in [0.2, 0.25) is 0 Å². The molecule has 1 saturated carbocycles. The summed E-state index contributed by atoms with van der Waals surface area (Å²) < 4.78 is 2.27. The molecule has 194 valence electrons. The Balaban J connectivity index is 1.03. The summed E-state index contributed by atoms with van der Waals surface area (Å²) in [5.74, 6) is 2.85. The first kappa shape index (κ1) is 23.8. The summed E-state index contributed by atoms with van der Waals surface area (Å²) in [5.41, 5.74) is 7.00. The van der Waals surface area contributed by atoms with E-state index >= 15 is 0 Å². The van der Waals surface area contributed by atoms with Gasteiger partial charge in [-0.15, -0.1) is 21.5 Å². The van der Waals surface area contributed by atoms with Crippen LogP contribution in [-0.4, -0.2) is 27.5 Å². The lowest BCUT2D eigenvalue weighted by atomic mass is 9.88. The van der Waals surface area contributed by atoms with Crippen LogP contribution in [0.25, 0.3) is 5.00 Å². The maximum Gasteiger partial charge on any atom is 0.164 e. The molecule has 2 unspecified atom stereocenters. The molecule has 0 bridgehead atoms. The van der Waals surface area contributed by atoms with Gasteiger partial charge < -0.3 is 5.32 Å². The van der Waals surface area contributed by atoms with Crippen molar-refractivity contribution in [3.63, 3.8) is 0 Å². The van der Waals surface area contributed by atoms with Gasteiger partial charge in [-0.3, -0.25) is 9.56 Å². The molecular formula is C32H35N5S. The number of hydrogen-bond donors (Lipinski definition) is 1. The van der Waals surface area contributed by atoms with Crippen LogP contribution >= 0.6 is 11.3 Å². The van der Waals surface area contributed by atoms with Gasteiger partial charge in [-0.1, -0.05) is 48.6 Å². The Bertz CT molecular complexity index is 1450. The number of nitrogens with zero attached hydrogens (tertiary/aromatic N) is 4. The molecule has 0 radical (unpaired) electrons. The second-order valence-electron chi connectivity index (χ2n) is 11.1. The lowest BCUT2D eigenvalue weighted by Gasteiger charge is -2.23. The number of allylic oxidation sites excluding steroid dienone is 3. The number of aromatic nitrogens is 3. The van der Waals surface area contributed by atoms with Gasteiger partial charge in [0.15, 0.2) is 5.82 Å². The Morgan fingerprint density at radius 1 is 1.08 bits per heavy atom. The topological polar surface area (TPSA) is 55.1 Å². The van der Waals surface area contributed by atoms with Crippen molar-refractivity contribution in [3.05, 3.63) is 99.1 Å². The van der Waals surface area contributed by atoms with Gasteiger partial charge >= 0.3 is 0 Å². The minimum atomic E-state index is -0.0966. The molecule has 0 saturated heterocycles. The number of aliphatic imine (C=N–C) groups is 1. The van der Waals surface area contributed by atoms with Crippen LogP contribution in [0, 0.1) is 12.8 Å². The first-order valence-corrected chi connectivity index (χ1v) is 15.0. The molecule has 1 aromatic carbocycles. The smallest absolute Gasteiger partial charge is 0.164 e. The highest BCUT2D eigenvalue weighted by Crippen LogP contribution is 2.43. The van der Waals surface area contributed by atoms with Gasteiger partial charge in [-0.05, 0) is 86.5 Å². The molecule has 3 heterocycles. The summed E-state index contributed by atoms with van der Waals surface area (Å²) >= 11 is 1.91. The van der Waals surface area contributed by atoms with Crippen LogP contribution in [0.15, 0.2) is 65.3 Å². The molecule has 6 heteroatoms. The van der Waals surface area contributed by atoms with Crippen molar-refractivity contribution in [2.24, 2.45) is 10.9 Å². The number of unbranched alkanes of at least 4 members (excludes halogenated alkanes) is 1. The van der Waals surface area contributed by atoms with Crippen molar-refractivity contribution in [2.45, 2.75) is 70.3 Å². The standard InChI is InChI=1S/C32H35N5S/c1-21-35-36-31-30(34-20-28-27-10-6-11-29(27)38-32(28)37(21)31)26-9-3-2-8-25(26)19-33-18-5-4-7-22-12-14-23(15-13-22)24-16-17-24/h2-3,8-9,12-15,19-20,24,26,30,33H,4-7,10-11,16-18H2,1H3. The highest BCUT2D eigenvalue weighted by atomic mass is 32.1. The Hall–Kier alpha value is -3.25. The first-order valence-electron chi connectivity index (χ1n) is 14.2. The molecule has 0 spiro atoms. The fourth-order valence-electron chi connectivity index (χ4n) is 6.13. The van der Waals surface area contributed by atoms with E-state index in [4.69, 9.17) is 4.99 Å². The quantitative estimate of drug-likeness (QED) is 0.335. The van der Waals surface area contributed by atoms with E-state index < -0.39 is 0 Å². The number of thiophene rings is 1. The van der Waals surface area contributed by atoms with Crippen molar-refractivity contribution in [1.29, 1.82) is 0 Å². The number of nitrogens with one attached hydrogen (secondary N) is 1. The van der Waals surface area contributed by atoms with Crippen LogP contribution < -0.4 is 5.32 Å². The minimum absolute atomic E-state index is 0.0966. The van der Waals surface area contributed by atoms with E-state index in [1.165, 1.54) is 69.8 Å². The van der Waals surface area contributed by atoms with Crippen molar-refractivity contribution >= 4 is 17.6 Å². The van der Waals surface area contributed by atoms with Gasteiger partial charge in [0.25, 0.3) is 0 Å². The van der Waals surface area contributed by atoms with Gasteiger partial charge in [-0.25, -0.2) is 0 Å². The van der Waals surface area contributed by atoms with Gasteiger partial charge in [-0.2, -0.15) is 0 Å². The van der Waals surface area contributed by atoms with Crippen LogP contribution in [0.2, 0.25) is 0 Å². The fraction of sp³-hybridized carbons (Fsp3) is 0.406. The molecule has 1 N–H and O–H groups in total. The van der Waals surface area contributed by atoms with Crippen LogP contribution in [-0.2, 0) is 19.3 Å². The predicted molar refractivity (Wildman–Crippen MR) is 156 cm³/mol. The largest absolute Gasteiger partial charge is 0.391 e. The Kier molecular flexibility index (Phi) is 6.36. The minimum Gasteiger partial charge on any atom is -0.391 e. The number of benzene rings is 1. The monoisotopic (exact) mass is 521 g/mol. The summed E-state index contributed by atoms with van der Waals surface area (Å²) in [6, 6.07) is 9.23. The van der Waals surface area contributed by atoms with E-state index in [9.17, 15) is 0 Å². The molecule has 3 aromatic rings. The Morgan fingerprint density at radius 2 is 1.97 bits per heavy atom. The van der Waals surface area contributed by atoms with Crippen LogP contribution in [0.5, 0.6) is 0 Å². The van der Waals surface area contributed by atoms with E-state index in [2.05, 4.69) is 88.0 Å². The van der Waals surface area contributed by atoms with Gasteiger partial charge in [0.05, 0.1) is 0 Å². The number of aryl methyl sites for hydroxylation is 3. The molecular weight excluding hydrogens is 486 g/mol. The fourth-order valence-corrected chi connectivity index (χ4v) is 7.55. The lowest BCUT2D eigenvalue weighted by molar-refractivity contribution is 0.556.